The third-order valence-corrected chi connectivity index (χ3v) is 3.69. The van der Waals surface area contributed by atoms with Crippen molar-refractivity contribution in [1.82, 2.24) is 10.6 Å². The molecule has 2 nitrogen and oxygen atoms in total. The standard InChI is InChI=1S/C13H28N2/c1-5-13(3,4)10-15-11(2)9-12-7-6-8-14-12/h11-12,14-15H,5-10H2,1-4H3. The van der Waals surface area contributed by atoms with E-state index in [2.05, 4.69) is 38.3 Å². The van der Waals surface area contributed by atoms with Gasteiger partial charge in [0.05, 0.1) is 0 Å². The maximum absolute atomic E-state index is 3.66. The lowest BCUT2D eigenvalue weighted by atomic mass is 9.90. The molecule has 0 aromatic heterocycles. The van der Waals surface area contributed by atoms with Gasteiger partial charge < -0.3 is 10.6 Å². The molecular formula is C13H28N2. The van der Waals surface area contributed by atoms with Crippen molar-refractivity contribution in [2.24, 2.45) is 5.41 Å². The molecular weight excluding hydrogens is 184 g/mol. The van der Waals surface area contributed by atoms with E-state index in [1.54, 1.807) is 0 Å². The minimum absolute atomic E-state index is 0.442. The number of nitrogens with one attached hydrogen (secondary N) is 2. The van der Waals surface area contributed by atoms with Crippen LogP contribution in [0.25, 0.3) is 0 Å². The van der Waals surface area contributed by atoms with Gasteiger partial charge in [-0.3, -0.25) is 0 Å². The summed E-state index contributed by atoms with van der Waals surface area (Å²) in [6.07, 6.45) is 5.25. The fourth-order valence-electron chi connectivity index (χ4n) is 2.04. The van der Waals surface area contributed by atoms with Crippen LogP contribution in [0.4, 0.5) is 0 Å². The quantitative estimate of drug-likeness (QED) is 0.707. The second-order valence-electron chi connectivity index (χ2n) is 5.83. The van der Waals surface area contributed by atoms with E-state index in [-0.39, 0.29) is 0 Å². The van der Waals surface area contributed by atoms with Crippen LogP contribution < -0.4 is 10.6 Å². The highest BCUT2D eigenvalue weighted by Gasteiger charge is 2.19. The average Bonchev–Trinajstić information content (AvgIpc) is 2.68. The zero-order valence-corrected chi connectivity index (χ0v) is 10.9. The maximum Gasteiger partial charge on any atom is 0.00822 e. The van der Waals surface area contributed by atoms with Crippen molar-refractivity contribution in [2.45, 2.75) is 65.5 Å². The van der Waals surface area contributed by atoms with Crippen LogP contribution in [0.15, 0.2) is 0 Å². The van der Waals surface area contributed by atoms with Crippen LogP contribution in [0, 0.1) is 5.41 Å². The Hall–Kier alpha value is -0.0800. The fraction of sp³-hybridized carbons (Fsp3) is 1.00. The molecule has 0 bridgehead atoms. The molecule has 2 N–H and O–H groups in total. The van der Waals surface area contributed by atoms with Crippen molar-refractivity contribution < 1.29 is 0 Å². The molecule has 0 aromatic carbocycles. The summed E-state index contributed by atoms with van der Waals surface area (Å²) in [5, 5.41) is 7.22. The zero-order valence-electron chi connectivity index (χ0n) is 10.9. The first-order chi connectivity index (χ1) is 7.03. The largest absolute Gasteiger partial charge is 0.314 e. The first kappa shape index (κ1) is 13.0. The Morgan fingerprint density at radius 1 is 1.47 bits per heavy atom. The fourth-order valence-corrected chi connectivity index (χ4v) is 2.04. The van der Waals surface area contributed by atoms with Gasteiger partial charge in [-0.2, -0.15) is 0 Å². The highest BCUT2D eigenvalue weighted by molar-refractivity contribution is 4.80. The smallest absolute Gasteiger partial charge is 0.00822 e. The van der Waals surface area contributed by atoms with E-state index < -0.39 is 0 Å². The Morgan fingerprint density at radius 2 is 2.20 bits per heavy atom. The van der Waals surface area contributed by atoms with Gasteiger partial charge in [-0.25, -0.2) is 0 Å². The van der Waals surface area contributed by atoms with E-state index in [0.717, 1.165) is 12.6 Å². The number of hydrogen-bond acceptors (Lipinski definition) is 2. The first-order valence-electron chi connectivity index (χ1n) is 6.50. The molecule has 2 unspecified atom stereocenters. The number of rotatable bonds is 6. The third-order valence-electron chi connectivity index (χ3n) is 3.69. The highest BCUT2D eigenvalue weighted by atomic mass is 15.0. The molecule has 2 heteroatoms. The van der Waals surface area contributed by atoms with Crippen LogP contribution in [0.2, 0.25) is 0 Å². The highest BCUT2D eigenvalue weighted by Crippen LogP contribution is 2.18. The lowest BCUT2D eigenvalue weighted by molar-refractivity contribution is 0.301. The summed E-state index contributed by atoms with van der Waals surface area (Å²) in [5.74, 6) is 0. The van der Waals surface area contributed by atoms with E-state index >= 15 is 0 Å². The SMILES string of the molecule is CCC(C)(C)CNC(C)CC1CCCN1. The summed E-state index contributed by atoms with van der Waals surface area (Å²) >= 11 is 0. The molecule has 90 valence electrons. The molecule has 1 aliphatic rings. The Morgan fingerprint density at radius 3 is 2.73 bits per heavy atom. The summed E-state index contributed by atoms with van der Waals surface area (Å²) in [6.45, 7) is 11.6. The average molecular weight is 212 g/mol. The van der Waals surface area contributed by atoms with Crippen LogP contribution >= 0.6 is 0 Å². The molecule has 0 radical (unpaired) electrons. The predicted molar refractivity (Wildman–Crippen MR) is 67.2 cm³/mol. The normalized spacial score (nSPS) is 24.4. The molecule has 15 heavy (non-hydrogen) atoms. The molecule has 0 aliphatic carbocycles. The molecule has 0 spiro atoms. The zero-order chi connectivity index (χ0) is 11.3. The van der Waals surface area contributed by atoms with Crippen molar-refractivity contribution in [2.75, 3.05) is 13.1 Å². The van der Waals surface area contributed by atoms with Gasteiger partial charge in [0.1, 0.15) is 0 Å². The third kappa shape index (κ3) is 4.98. The van der Waals surface area contributed by atoms with Crippen molar-refractivity contribution in [3.63, 3.8) is 0 Å². The summed E-state index contributed by atoms with van der Waals surface area (Å²) in [4.78, 5) is 0. The minimum Gasteiger partial charge on any atom is -0.314 e. The van der Waals surface area contributed by atoms with Gasteiger partial charge in [0.2, 0.25) is 0 Å². The van der Waals surface area contributed by atoms with Gasteiger partial charge in [-0.1, -0.05) is 20.8 Å². The van der Waals surface area contributed by atoms with Crippen molar-refractivity contribution in [3.05, 3.63) is 0 Å². The van der Waals surface area contributed by atoms with E-state index in [0.29, 0.717) is 11.5 Å². The summed E-state index contributed by atoms with van der Waals surface area (Å²) in [5.41, 5.74) is 0.442. The Kier molecular flexibility index (Phi) is 5.07. The summed E-state index contributed by atoms with van der Waals surface area (Å²) in [6, 6.07) is 1.41. The minimum atomic E-state index is 0.442. The van der Waals surface area contributed by atoms with Crippen LogP contribution in [-0.4, -0.2) is 25.2 Å². The molecule has 1 aliphatic heterocycles. The second kappa shape index (κ2) is 5.86. The van der Waals surface area contributed by atoms with Gasteiger partial charge in [0.15, 0.2) is 0 Å². The van der Waals surface area contributed by atoms with E-state index in [4.69, 9.17) is 0 Å². The first-order valence-corrected chi connectivity index (χ1v) is 6.50. The van der Waals surface area contributed by atoms with Crippen LogP contribution in [0.1, 0.15) is 53.4 Å². The summed E-state index contributed by atoms with van der Waals surface area (Å²) < 4.78 is 0. The molecule has 0 saturated carbocycles. The van der Waals surface area contributed by atoms with Gasteiger partial charge >= 0.3 is 0 Å². The Balaban J connectivity index is 2.15. The molecule has 1 fully saturated rings. The van der Waals surface area contributed by atoms with E-state index in [1.807, 2.05) is 0 Å². The van der Waals surface area contributed by atoms with Crippen LogP contribution in [0.5, 0.6) is 0 Å². The Labute approximate surface area is 95.2 Å². The molecule has 1 rings (SSSR count). The maximum atomic E-state index is 3.66. The predicted octanol–water partition coefficient (Wildman–Crippen LogP) is 2.54. The molecule has 0 aromatic rings. The lowest BCUT2D eigenvalue weighted by Gasteiger charge is -2.26. The van der Waals surface area contributed by atoms with Gasteiger partial charge in [-0.05, 0) is 44.6 Å². The van der Waals surface area contributed by atoms with Crippen LogP contribution in [-0.2, 0) is 0 Å². The topological polar surface area (TPSA) is 24.1 Å². The second-order valence-corrected chi connectivity index (χ2v) is 5.83. The monoisotopic (exact) mass is 212 g/mol. The van der Waals surface area contributed by atoms with Crippen molar-refractivity contribution >= 4 is 0 Å². The van der Waals surface area contributed by atoms with Gasteiger partial charge in [-0.15, -0.1) is 0 Å². The Bertz CT molecular complexity index is 171. The molecule has 2 atom stereocenters. The number of hydrogen-bond donors (Lipinski definition) is 2. The van der Waals surface area contributed by atoms with Gasteiger partial charge in [0.25, 0.3) is 0 Å². The molecule has 1 saturated heterocycles. The van der Waals surface area contributed by atoms with Crippen molar-refractivity contribution in [3.8, 4) is 0 Å². The molecule has 1 heterocycles. The van der Waals surface area contributed by atoms with Crippen molar-refractivity contribution in [1.29, 1.82) is 0 Å². The van der Waals surface area contributed by atoms with Gasteiger partial charge in [0, 0.05) is 18.6 Å². The van der Waals surface area contributed by atoms with E-state index in [1.165, 1.54) is 32.2 Å². The van der Waals surface area contributed by atoms with E-state index in [9.17, 15) is 0 Å². The summed E-state index contributed by atoms with van der Waals surface area (Å²) in [7, 11) is 0. The molecule has 0 amide bonds. The van der Waals surface area contributed by atoms with Crippen LogP contribution in [0.3, 0.4) is 0 Å². The lowest BCUT2D eigenvalue weighted by Crippen LogP contribution is -2.38.